The summed E-state index contributed by atoms with van der Waals surface area (Å²) in [5.74, 6) is -0.963. The van der Waals surface area contributed by atoms with E-state index in [0.717, 1.165) is 12.2 Å². The SMILES string of the molecule is C=CC(N)=O.C=CC(N)=O.OCCO. The highest BCUT2D eigenvalue weighted by Crippen LogP contribution is 1.49. The molecule has 0 aromatic heterocycles. The van der Waals surface area contributed by atoms with Crippen molar-refractivity contribution in [1.29, 1.82) is 0 Å². The van der Waals surface area contributed by atoms with Gasteiger partial charge in [0.05, 0.1) is 13.2 Å². The molecule has 0 radical (unpaired) electrons. The van der Waals surface area contributed by atoms with Crippen LogP contribution in [0.2, 0.25) is 0 Å². The quantitative estimate of drug-likeness (QED) is 0.408. The number of carbonyl (C=O) groups excluding carboxylic acids is 2. The van der Waals surface area contributed by atoms with E-state index < -0.39 is 11.8 Å². The molecule has 6 nitrogen and oxygen atoms in total. The number of hydrogen-bond donors (Lipinski definition) is 4. The molecule has 0 bridgehead atoms. The highest BCUT2D eigenvalue weighted by Gasteiger charge is 1.70. The highest BCUT2D eigenvalue weighted by molar-refractivity contribution is 5.85. The standard InChI is InChI=1S/2C3H5NO.C2H6O2/c2*1-2-3(4)5;3-1-2-4/h2*2H,1H2,(H2,4,5);3-4H,1-2H2. The van der Waals surface area contributed by atoms with E-state index in [-0.39, 0.29) is 13.2 Å². The molecule has 0 spiro atoms. The first-order chi connectivity index (χ1) is 6.45. The lowest BCUT2D eigenvalue weighted by atomic mass is 10.6. The Kier molecular flexibility index (Phi) is 22.6. The molecule has 6 N–H and O–H groups in total. The lowest BCUT2D eigenvalue weighted by Crippen LogP contribution is -2.04. The molecule has 0 fully saturated rings. The van der Waals surface area contributed by atoms with Crippen LogP contribution in [0, 0.1) is 0 Å². The summed E-state index contributed by atoms with van der Waals surface area (Å²) in [6.45, 7) is 5.92. The van der Waals surface area contributed by atoms with Gasteiger partial charge in [0, 0.05) is 0 Å². The van der Waals surface area contributed by atoms with Gasteiger partial charge in [0.2, 0.25) is 11.8 Å². The Morgan fingerprint density at radius 3 is 1.14 bits per heavy atom. The highest BCUT2D eigenvalue weighted by atomic mass is 16.3. The van der Waals surface area contributed by atoms with Gasteiger partial charge in [-0.1, -0.05) is 13.2 Å². The van der Waals surface area contributed by atoms with E-state index in [4.69, 9.17) is 10.2 Å². The van der Waals surface area contributed by atoms with Crippen molar-refractivity contribution in [3.63, 3.8) is 0 Å². The molecule has 0 atom stereocenters. The Labute approximate surface area is 82.5 Å². The van der Waals surface area contributed by atoms with Gasteiger partial charge in [0.25, 0.3) is 0 Å². The van der Waals surface area contributed by atoms with Crippen molar-refractivity contribution in [3.8, 4) is 0 Å². The largest absolute Gasteiger partial charge is 0.394 e. The second-order valence-electron chi connectivity index (χ2n) is 1.66. The van der Waals surface area contributed by atoms with Crippen LogP contribution < -0.4 is 11.5 Å². The van der Waals surface area contributed by atoms with Crippen molar-refractivity contribution < 1.29 is 19.8 Å². The molecule has 0 aromatic carbocycles. The summed E-state index contributed by atoms with van der Waals surface area (Å²) in [6, 6.07) is 0. The molecule has 0 rings (SSSR count). The molecular weight excluding hydrogens is 188 g/mol. The van der Waals surface area contributed by atoms with Crippen LogP contribution >= 0.6 is 0 Å². The molecule has 14 heavy (non-hydrogen) atoms. The fourth-order valence-electron chi connectivity index (χ4n) is 0. The van der Waals surface area contributed by atoms with Crippen LogP contribution in [0.4, 0.5) is 0 Å². The Balaban J connectivity index is -0.000000131. The Morgan fingerprint density at radius 2 is 1.14 bits per heavy atom. The van der Waals surface area contributed by atoms with Gasteiger partial charge in [-0.2, -0.15) is 0 Å². The summed E-state index contributed by atoms with van der Waals surface area (Å²) in [5.41, 5.74) is 9.07. The van der Waals surface area contributed by atoms with Gasteiger partial charge in [-0.25, -0.2) is 0 Å². The molecule has 0 aromatic rings. The van der Waals surface area contributed by atoms with Gasteiger partial charge >= 0.3 is 0 Å². The van der Waals surface area contributed by atoms with Crippen molar-refractivity contribution in [1.82, 2.24) is 0 Å². The summed E-state index contributed by atoms with van der Waals surface area (Å²) in [6.07, 6.45) is 2.11. The van der Waals surface area contributed by atoms with Gasteiger partial charge in [0.15, 0.2) is 0 Å². The normalized spacial score (nSPS) is 6.71. The minimum absolute atomic E-state index is 0.125. The smallest absolute Gasteiger partial charge is 0.240 e. The minimum Gasteiger partial charge on any atom is -0.394 e. The van der Waals surface area contributed by atoms with E-state index in [1.54, 1.807) is 0 Å². The molecule has 0 saturated carbocycles. The maximum Gasteiger partial charge on any atom is 0.240 e. The predicted molar refractivity (Wildman–Crippen MR) is 53.0 cm³/mol. The number of aliphatic hydroxyl groups is 2. The van der Waals surface area contributed by atoms with Crippen LogP contribution in [-0.4, -0.2) is 35.2 Å². The van der Waals surface area contributed by atoms with Crippen molar-refractivity contribution >= 4 is 11.8 Å². The number of hydrogen-bond acceptors (Lipinski definition) is 4. The van der Waals surface area contributed by atoms with Gasteiger partial charge in [-0.05, 0) is 12.2 Å². The average molecular weight is 204 g/mol. The summed E-state index contributed by atoms with van der Waals surface area (Å²) in [5, 5.41) is 15.2. The molecule has 0 aliphatic carbocycles. The summed E-state index contributed by atoms with van der Waals surface area (Å²) in [4.78, 5) is 18.9. The lowest BCUT2D eigenvalue weighted by Gasteiger charge is -1.70. The summed E-state index contributed by atoms with van der Waals surface area (Å²) in [7, 11) is 0. The van der Waals surface area contributed by atoms with E-state index in [1.165, 1.54) is 0 Å². The van der Waals surface area contributed by atoms with Crippen LogP contribution in [0.5, 0.6) is 0 Å². The zero-order chi connectivity index (χ0) is 12.0. The van der Waals surface area contributed by atoms with Crippen LogP contribution in [0.3, 0.4) is 0 Å². The van der Waals surface area contributed by atoms with E-state index in [2.05, 4.69) is 24.6 Å². The molecule has 82 valence electrons. The van der Waals surface area contributed by atoms with E-state index in [1.807, 2.05) is 0 Å². The van der Waals surface area contributed by atoms with Gasteiger partial charge < -0.3 is 21.7 Å². The third-order valence-corrected chi connectivity index (χ3v) is 0.502. The number of nitrogens with two attached hydrogens (primary N) is 2. The maximum absolute atomic E-state index is 9.47. The molecule has 6 heteroatoms. The van der Waals surface area contributed by atoms with E-state index in [0.29, 0.717) is 0 Å². The zero-order valence-corrected chi connectivity index (χ0v) is 7.85. The second kappa shape index (κ2) is 17.4. The number of aliphatic hydroxyl groups excluding tert-OH is 2. The molecular formula is C8H16N2O4. The average Bonchev–Trinajstić information content (AvgIpc) is 2.19. The molecule has 0 aliphatic heterocycles. The van der Waals surface area contributed by atoms with Gasteiger partial charge in [-0.3, -0.25) is 9.59 Å². The lowest BCUT2D eigenvalue weighted by molar-refractivity contribution is -0.114. The molecule has 0 heterocycles. The third-order valence-electron chi connectivity index (χ3n) is 0.502. The summed E-state index contributed by atoms with van der Waals surface area (Å²) < 4.78 is 0. The number of carbonyl (C=O) groups is 2. The van der Waals surface area contributed by atoms with E-state index in [9.17, 15) is 9.59 Å². The fraction of sp³-hybridized carbons (Fsp3) is 0.250. The van der Waals surface area contributed by atoms with Gasteiger partial charge in [-0.15, -0.1) is 0 Å². The first-order valence-electron chi connectivity index (χ1n) is 3.51. The number of amides is 2. The Bertz CT molecular complexity index is 160. The predicted octanol–water partition coefficient (Wildman–Crippen LogP) is -1.71. The van der Waals surface area contributed by atoms with Crippen LogP contribution in [0.15, 0.2) is 25.3 Å². The van der Waals surface area contributed by atoms with Crippen molar-refractivity contribution in [2.75, 3.05) is 13.2 Å². The topological polar surface area (TPSA) is 127 Å². The fourth-order valence-corrected chi connectivity index (χ4v) is 0. The monoisotopic (exact) mass is 204 g/mol. The first kappa shape index (κ1) is 18.2. The first-order valence-corrected chi connectivity index (χ1v) is 3.51. The van der Waals surface area contributed by atoms with Crippen LogP contribution in [0.1, 0.15) is 0 Å². The molecule has 0 saturated heterocycles. The van der Waals surface area contributed by atoms with Crippen LogP contribution in [-0.2, 0) is 9.59 Å². The van der Waals surface area contributed by atoms with Gasteiger partial charge in [0.1, 0.15) is 0 Å². The van der Waals surface area contributed by atoms with Crippen molar-refractivity contribution in [3.05, 3.63) is 25.3 Å². The molecule has 0 unspecified atom stereocenters. The van der Waals surface area contributed by atoms with E-state index >= 15 is 0 Å². The Hall–Kier alpha value is -1.66. The maximum atomic E-state index is 9.47. The minimum atomic E-state index is -0.481. The zero-order valence-electron chi connectivity index (χ0n) is 7.85. The van der Waals surface area contributed by atoms with Crippen molar-refractivity contribution in [2.24, 2.45) is 11.5 Å². The Morgan fingerprint density at radius 1 is 1.00 bits per heavy atom. The third kappa shape index (κ3) is 80.9. The molecule has 0 aliphatic rings. The second-order valence-corrected chi connectivity index (χ2v) is 1.66. The number of primary amides is 2. The molecule has 2 amide bonds. The summed E-state index contributed by atoms with van der Waals surface area (Å²) >= 11 is 0. The number of rotatable bonds is 3. The van der Waals surface area contributed by atoms with Crippen LogP contribution in [0.25, 0.3) is 0 Å². The van der Waals surface area contributed by atoms with Crippen molar-refractivity contribution in [2.45, 2.75) is 0 Å².